The fraction of sp³-hybridized carbons (Fsp3) is 0.615. The lowest BCUT2D eigenvalue weighted by Gasteiger charge is -2.31. The summed E-state index contributed by atoms with van der Waals surface area (Å²) in [5, 5.41) is 10.7. The van der Waals surface area contributed by atoms with Crippen molar-refractivity contribution in [3.8, 4) is 0 Å². The molecule has 104 valence electrons. The van der Waals surface area contributed by atoms with Crippen molar-refractivity contribution in [3.05, 3.63) is 17.8 Å². The highest BCUT2D eigenvalue weighted by Crippen LogP contribution is 2.15. The number of anilines is 1. The molecule has 0 radical (unpaired) electrons. The van der Waals surface area contributed by atoms with Crippen LogP contribution >= 0.6 is 0 Å². The third kappa shape index (κ3) is 3.41. The van der Waals surface area contributed by atoms with E-state index in [4.69, 9.17) is 4.74 Å². The Hall–Kier alpha value is -1.69. The van der Waals surface area contributed by atoms with Crippen LogP contribution in [0.3, 0.4) is 0 Å². The van der Waals surface area contributed by atoms with Crippen LogP contribution < -0.4 is 5.32 Å². The van der Waals surface area contributed by atoms with Gasteiger partial charge >= 0.3 is 0 Å². The highest BCUT2D eigenvalue weighted by atomic mass is 16.5. The molecule has 1 saturated heterocycles. The fourth-order valence-corrected chi connectivity index (χ4v) is 2.20. The average molecular weight is 264 g/mol. The number of nitrogens with zero attached hydrogens (tertiary/aromatic N) is 3. The molecule has 2 heterocycles. The zero-order valence-corrected chi connectivity index (χ0v) is 11.4. The molecule has 1 fully saturated rings. The molecule has 1 aromatic rings. The van der Waals surface area contributed by atoms with Crippen molar-refractivity contribution in [2.75, 3.05) is 32.1 Å². The van der Waals surface area contributed by atoms with Crippen LogP contribution in [0.15, 0.2) is 12.1 Å². The first kappa shape index (κ1) is 13.7. The van der Waals surface area contributed by atoms with E-state index in [2.05, 4.69) is 15.5 Å². The van der Waals surface area contributed by atoms with E-state index in [1.807, 2.05) is 11.8 Å². The maximum absolute atomic E-state index is 12.2. The van der Waals surface area contributed by atoms with Gasteiger partial charge in [-0.15, -0.1) is 10.2 Å². The predicted octanol–water partition coefficient (Wildman–Crippen LogP) is 1.16. The first-order valence-electron chi connectivity index (χ1n) is 6.67. The zero-order chi connectivity index (χ0) is 13.7. The molecule has 0 atom stereocenters. The molecule has 1 aliphatic rings. The summed E-state index contributed by atoms with van der Waals surface area (Å²) in [6, 6.07) is 3.46. The highest BCUT2D eigenvalue weighted by molar-refractivity contribution is 5.92. The molecule has 6 heteroatoms. The number of hydrogen-bond acceptors (Lipinski definition) is 5. The van der Waals surface area contributed by atoms with Gasteiger partial charge in [0.05, 0.1) is 6.10 Å². The van der Waals surface area contributed by atoms with E-state index in [1.165, 1.54) is 0 Å². The Bertz CT molecular complexity index is 413. The number of amides is 1. The maximum atomic E-state index is 12.2. The highest BCUT2D eigenvalue weighted by Gasteiger charge is 2.24. The Labute approximate surface area is 113 Å². The number of ether oxygens (including phenoxy) is 1. The smallest absolute Gasteiger partial charge is 0.274 e. The van der Waals surface area contributed by atoms with E-state index in [9.17, 15) is 4.79 Å². The number of rotatable bonds is 4. The summed E-state index contributed by atoms with van der Waals surface area (Å²) < 4.78 is 5.57. The molecule has 0 aromatic carbocycles. The number of piperidine rings is 1. The number of carbonyl (C=O) groups is 1. The van der Waals surface area contributed by atoms with E-state index >= 15 is 0 Å². The van der Waals surface area contributed by atoms with E-state index in [0.29, 0.717) is 11.5 Å². The summed E-state index contributed by atoms with van der Waals surface area (Å²) in [7, 11) is 1.77. The lowest BCUT2D eigenvalue weighted by Crippen LogP contribution is -2.41. The quantitative estimate of drug-likeness (QED) is 0.884. The predicted molar refractivity (Wildman–Crippen MR) is 72.1 cm³/mol. The minimum atomic E-state index is -0.0508. The summed E-state index contributed by atoms with van der Waals surface area (Å²) in [6.45, 7) is 4.17. The van der Waals surface area contributed by atoms with Crippen LogP contribution in [0.5, 0.6) is 0 Å². The van der Waals surface area contributed by atoms with E-state index in [1.54, 1.807) is 19.2 Å². The number of hydrogen-bond donors (Lipinski definition) is 1. The topological polar surface area (TPSA) is 67.3 Å². The van der Waals surface area contributed by atoms with Crippen molar-refractivity contribution in [2.45, 2.75) is 25.9 Å². The Morgan fingerprint density at radius 3 is 2.68 bits per heavy atom. The van der Waals surface area contributed by atoms with E-state index in [-0.39, 0.29) is 12.0 Å². The minimum absolute atomic E-state index is 0.0508. The molecule has 0 aliphatic carbocycles. The molecule has 1 amide bonds. The van der Waals surface area contributed by atoms with E-state index < -0.39 is 0 Å². The van der Waals surface area contributed by atoms with Gasteiger partial charge in [0.15, 0.2) is 5.69 Å². The summed E-state index contributed by atoms with van der Waals surface area (Å²) in [4.78, 5) is 14.0. The second kappa shape index (κ2) is 6.47. The molecule has 6 nitrogen and oxygen atoms in total. The van der Waals surface area contributed by atoms with Gasteiger partial charge in [0.2, 0.25) is 0 Å². The summed E-state index contributed by atoms with van der Waals surface area (Å²) >= 11 is 0. The van der Waals surface area contributed by atoms with E-state index in [0.717, 1.165) is 32.5 Å². The SMILES string of the molecule is CCOC1CCN(C(=O)c2ccc(NC)nn2)CC1. The van der Waals surface area contributed by atoms with Gasteiger partial charge in [-0.25, -0.2) is 0 Å². The van der Waals surface area contributed by atoms with Crippen molar-refractivity contribution in [1.29, 1.82) is 0 Å². The summed E-state index contributed by atoms with van der Waals surface area (Å²) in [6.07, 6.45) is 2.07. The zero-order valence-electron chi connectivity index (χ0n) is 11.4. The molecule has 2 rings (SSSR count). The number of aromatic nitrogens is 2. The van der Waals surface area contributed by atoms with Gasteiger partial charge in [-0.3, -0.25) is 4.79 Å². The van der Waals surface area contributed by atoms with Crippen LogP contribution in [0.4, 0.5) is 5.82 Å². The summed E-state index contributed by atoms with van der Waals surface area (Å²) in [5.74, 6) is 0.608. The Morgan fingerprint density at radius 2 is 2.16 bits per heavy atom. The number of nitrogens with one attached hydrogen (secondary N) is 1. The van der Waals surface area contributed by atoms with Crippen LogP contribution in [0.25, 0.3) is 0 Å². The molecule has 1 aromatic heterocycles. The molecular formula is C13H20N4O2. The molecule has 0 saturated carbocycles. The monoisotopic (exact) mass is 264 g/mol. The lowest BCUT2D eigenvalue weighted by atomic mass is 10.1. The van der Waals surface area contributed by atoms with Gasteiger partial charge in [-0.1, -0.05) is 0 Å². The van der Waals surface area contributed by atoms with Gasteiger partial charge in [0.25, 0.3) is 5.91 Å². The van der Waals surface area contributed by atoms with Crippen molar-refractivity contribution >= 4 is 11.7 Å². The molecule has 0 spiro atoms. The molecular weight excluding hydrogens is 244 g/mol. The van der Waals surface area contributed by atoms with Gasteiger partial charge < -0.3 is 15.0 Å². The Kier molecular flexibility index (Phi) is 4.68. The van der Waals surface area contributed by atoms with Crippen LogP contribution in [0.1, 0.15) is 30.3 Å². The lowest BCUT2D eigenvalue weighted by molar-refractivity contribution is 0.0144. The van der Waals surface area contributed by atoms with Crippen molar-refractivity contribution < 1.29 is 9.53 Å². The fourth-order valence-electron chi connectivity index (χ4n) is 2.20. The third-order valence-corrected chi connectivity index (χ3v) is 3.27. The van der Waals surface area contributed by atoms with Crippen LogP contribution in [-0.4, -0.2) is 53.9 Å². The molecule has 19 heavy (non-hydrogen) atoms. The van der Waals surface area contributed by atoms with Gasteiger partial charge in [-0.2, -0.15) is 0 Å². The average Bonchev–Trinajstić information content (AvgIpc) is 2.48. The van der Waals surface area contributed by atoms with Crippen molar-refractivity contribution in [1.82, 2.24) is 15.1 Å². The van der Waals surface area contributed by atoms with Gasteiger partial charge in [0, 0.05) is 26.7 Å². The second-order valence-electron chi connectivity index (χ2n) is 4.50. The summed E-state index contributed by atoms with van der Waals surface area (Å²) in [5.41, 5.74) is 0.397. The van der Waals surface area contributed by atoms with Crippen LogP contribution in [0.2, 0.25) is 0 Å². The van der Waals surface area contributed by atoms with Crippen molar-refractivity contribution in [3.63, 3.8) is 0 Å². The Morgan fingerprint density at radius 1 is 1.42 bits per heavy atom. The van der Waals surface area contributed by atoms with Crippen LogP contribution in [-0.2, 0) is 4.74 Å². The number of likely N-dealkylation sites (tertiary alicyclic amines) is 1. The molecule has 0 bridgehead atoms. The van der Waals surface area contributed by atoms with Crippen molar-refractivity contribution in [2.24, 2.45) is 0 Å². The standard InChI is InChI=1S/C13H20N4O2/c1-3-19-10-6-8-17(9-7-10)13(18)11-4-5-12(14-2)16-15-11/h4-5,10H,3,6-9H2,1-2H3,(H,14,16). The normalized spacial score (nSPS) is 16.4. The van der Waals surface area contributed by atoms with Gasteiger partial charge in [-0.05, 0) is 31.9 Å². The maximum Gasteiger partial charge on any atom is 0.274 e. The van der Waals surface area contributed by atoms with Crippen LogP contribution in [0, 0.1) is 0 Å². The first-order valence-corrected chi connectivity index (χ1v) is 6.67. The second-order valence-corrected chi connectivity index (χ2v) is 4.50. The first-order chi connectivity index (χ1) is 9.24. The molecule has 1 aliphatic heterocycles. The van der Waals surface area contributed by atoms with Gasteiger partial charge in [0.1, 0.15) is 5.82 Å². The third-order valence-electron chi connectivity index (χ3n) is 3.27. The molecule has 0 unspecified atom stereocenters. The largest absolute Gasteiger partial charge is 0.378 e. The molecule has 1 N–H and O–H groups in total. The Balaban J connectivity index is 1.93. The minimum Gasteiger partial charge on any atom is -0.378 e. The number of carbonyl (C=O) groups excluding carboxylic acids is 1.